The Morgan fingerprint density at radius 2 is 1.84 bits per heavy atom. The van der Waals surface area contributed by atoms with Crippen molar-refractivity contribution in [3.8, 4) is 11.5 Å². The van der Waals surface area contributed by atoms with Gasteiger partial charge in [0.05, 0.1) is 11.8 Å². The van der Waals surface area contributed by atoms with Crippen molar-refractivity contribution in [3.63, 3.8) is 0 Å². The number of hydrogen-bond donors (Lipinski definition) is 0. The Bertz CT molecular complexity index is 1040. The summed E-state index contributed by atoms with van der Waals surface area (Å²) in [6.45, 7) is 7.41. The van der Waals surface area contributed by atoms with E-state index in [0.717, 1.165) is 24.9 Å². The molecule has 31 heavy (non-hydrogen) atoms. The first-order chi connectivity index (χ1) is 14.8. The predicted octanol–water partition coefficient (Wildman–Crippen LogP) is 6.14. The Kier molecular flexibility index (Phi) is 6.39. The van der Waals surface area contributed by atoms with Gasteiger partial charge in [0.15, 0.2) is 0 Å². The van der Waals surface area contributed by atoms with Crippen molar-refractivity contribution in [2.24, 2.45) is 0 Å². The molecule has 1 fully saturated rings. The Labute approximate surface area is 192 Å². The van der Waals surface area contributed by atoms with Gasteiger partial charge in [0, 0.05) is 17.1 Å². The van der Waals surface area contributed by atoms with E-state index in [-0.39, 0.29) is 23.1 Å². The first-order valence-corrected chi connectivity index (χ1v) is 11.8. The average molecular weight is 456 g/mol. The summed E-state index contributed by atoms with van der Waals surface area (Å²) in [5.41, 5.74) is 3.42. The van der Waals surface area contributed by atoms with E-state index >= 15 is 0 Å². The molecule has 1 amide bonds. The van der Waals surface area contributed by atoms with Gasteiger partial charge in [-0.1, -0.05) is 68.4 Å². The van der Waals surface area contributed by atoms with Crippen LogP contribution in [0.5, 0.6) is 0 Å². The van der Waals surface area contributed by atoms with Gasteiger partial charge in [0.2, 0.25) is 11.8 Å². The van der Waals surface area contributed by atoms with E-state index in [9.17, 15) is 4.79 Å². The number of benzene rings is 2. The first kappa shape index (κ1) is 21.9. The third-order valence-corrected chi connectivity index (χ3v) is 6.61. The van der Waals surface area contributed by atoms with Crippen LogP contribution < -0.4 is 0 Å². The molecule has 2 aromatic carbocycles. The van der Waals surface area contributed by atoms with E-state index in [1.165, 1.54) is 22.9 Å². The second-order valence-electron chi connectivity index (χ2n) is 8.79. The van der Waals surface area contributed by atoms with Crippen molar-refractivity contribution in [2.75, 3.05) is 12.3 Å². The number of likely N-dealkylation sites (tertiary alicyclic amines) is 1. The fourth-order valence-corrected chi connectivity index (χ4v) is 4.58. The molecule has 162 valence electrons. The summed E-state index contributed by atoms with van der Waals surface area (Å²) in [7, 11) is 0. The van der Waals surface area contributed by atoms with E-state index in [0.29, 0.717) is 16.1 Å². The lowest BCUT2D eigenvalue weighted by molar-refractivity contribution is -0.129. The van der Waals surface area contributed by atoms with E-state index in [4.69, 9.17) is 16.0 Å². The molecule has 1 aliphatic heterocycles. The molecule has 0 radical (unpaired) electrons. The quantitative estimate of drug-likeness (QED) is 0.432. The van der Waals surface area contributed by atoms with Crippen LogP contribution >= 0.6 is 23.4 Å². The molecule has 1 atom stereocenters. The van der Waals surface area contributed by atoms with E-state index in [2.05, 4.69) is 55.2 Å². The molecular weight excluding hydrogens is 430 g/mol. The number of thioether (sulfide) groups is 1. The predicted molar refractivity (Wildman–Crippen MR) is 124 cm³/mol. The van der Waals surface area contributed by atoms with E-state index in [1.807, 2.05) is 17.0 Å². The number of carbonyl (C=O) groups is 1. The number of aromatic nitrogens is 2. The molecule has 7 heteroatoms. The Morgan fingerprint density at radius 1 is 1.13 bits per heavy atom. The van der Waals surface area contributed by atoms with Gasteiger partial charge in [-0.25, -0.2) is 0 Å². The summed E-state index contributed by atoms with van der Waals surface area (Å²) in [4.78, 5) is 14.9. The molecule has 0 spiro atoms. The topological polar surface area (TPSA) is 59.2 Å². The van der Waals surface area contributed by atoms with Crippen LogP contribution in [0, 0.1) is 0 Å². The number of amides is 1. The number of hydrogen-bond acceptors (Lipinski definition) is 5. The standard InChI is InChI=1S/C24H26ClN3O2S/c1-24(2,3)18-10-6-16(7-11-18)20-5-4-14-28(20)21(29)15-31-23-27-26-22(30-23)17-8-12-19(25)13-9-17/h6-13,20H,4-5,14-15H2,1-3H3. The van der Waals surface area contributed by atoms with Crippen molar-refractivity contribution < 1.29 is 9.21 Å². The maximum Gasteiger partial charge on any atom is 0.277 e. The monoisotopic (exact) mass is 455 g/mol. The van der Waals surface area contributed by atoms with Crippen LogP contribution in [0.2, 0.25) is 5.02 Å². The fraction of sp³-hybridized carbons (Fsp3) is 0.375. The molecule has 4 rings (SSSR count). The molecule has 0 saturated carbocycles. The van der Waals surface area contributed by atoms with Crippen LogP contribution in [0.1, 0.15) is 50.8 Å². The molecule has 0 N–H and O–H groups in total. The summed E-state index contributed by atoms with van der Waals surface area (Å²) in [5, 5.41) is 9.18. The SMILES string of the molecule is CC(C)(C)c1ccc(C2CCCN2C(=O)CSc2nnc(-c3ccc(Cl)cc3)o2)cc1. The smallest absolute Gasteiger partial charge is 0.277 e. The third kappa shape index (κ3) is 5.13. The molecule has 1 unspecified atom stereocenters. The molecule has 1 aliphatic rings. The summed E-state index contributed by atoms with van der Waals surface area (Å²) >= 11 is 7.20. The highest BCUT2D eigenvalue weighted by Crippen LogP contribution is 2.34. The third-order valence-electron chi connectivity index (χ3n) is 5.55. The second-order valence-corrected chi connectivity index (χ2v) is 10.1. The van der Waals surface area contributed by atoms with Crippen LogP contribution in [-0.2, 0) is 10.2 Å². The molecule has 0 aliphatic carbocycles. The highest BCUT2D eigenvalue weighted by atomic mass is 35.5. The molecule has 3 aromatic rings. The lowest BCUT2D eigenvalue weighted by atomic mass is 9.86. The zero-order chi connectivity index (χ0) is 22.0. The first-order valence-electron chi connectivity index (χ1n) is 10.4. The highest BCUT2D eigenvalue weighted by molar-refractivity contribution is 7.99. The van der Waals surface area contributed by atoms with Crippen LogP contribution in [0.3, 0.4) is 0 Å². The van der Waals surface area contributed by atoms with Gasteiger partial charge in [-0.2, -0.15) is 0 Å². The lowest BCUT2D eigenvalue weighted by Gasteiger charge is -2.26. The number of halogens is 1. The van der Waals surface area contributed by atoms with Crippen molar-refractivity contribution in [3.05, 3.63) is 64.7 Å². The van der Waals surface area contributed by atoms with Crippen LogP contribution in [-0.4, -0.2) is 33.3 Å². The Balaban J connectivity index is 1.38. The van der Waals surface area contributed by atoms with Gasteiger partial charge in [0.25, 0.3) is 5.22 Å². The van der Waals surface area contributed by atoms with Gasteiger partial charge in [0.1, 0.15) is 0 Å². The van der Waals surface area contributed by atoms with Gasteiger partial charge in [-0.3, -0.25) is 4.79 Å². The lowest BCUT2D eigenvalue weighted by Crippen LogP contribution is -2.32. The van der Waals surface area contributed by atoms with Gasteiger partial charge in [-0.15, -0.1) is 10.2 Å². The molecule has 1 saturated heterocycles. The number of carbonyl (C=O) groups excluding carboxylic acids is 1. The minimum absolute atomic E-state index is 0.0960. The van der Waals surface area contributed by atoms with Crippen molar-refractivity contribution in [2.45, 2.75) is 50.3 Å². The van der Waals surface area contributed by atoms with Gasteiger partial charge >= 0.3 is 0 Å². The minimum Gasteiger partial charge on any atom is -0.411 e. The normalized spacial score (nSPS) is 16.6. The number of nitrogens with zero attached hydrogens (tertiary/aromatic N) is 3. The summed E-state index contributed by atoms with van der Waals surface area (Å²) in [6, 6.07) is 16.0. The van der Waals surface area contributed by atoms with Crippen molar-refractivity contribution >= 4 is 29.3 Å². The maximum absolute atomic E-state index is 12.9. The van der Waals surface area contributed by atoms with Crippen LogP contribution in [0.15, 0.2) is 58.2 Å². The van der Waals surface area contributed by atoms with E-state index in [1.54, 1.807) is 12.1 Å². The highest BCUT2D eigenvalue weighted by Gasteiger charge is 2.30. The summed E-state index contributed by atoms with van der Waals surface area (Å²) < 4.78 is 5.71. The molecule has 5 nitrogen and oxygen atoms in total. The van der Waals surface area contributed by atoms with Gasteiger partial charge in [-0.05, 0) is 53.6 Å². The number of rotatable bonds is 5. The molecular formula is C24H26ClN3O2S. The summed E-state index contributed by atoms with van der Waals surface area (Å²) in [6.07, 6.45) is 2.01. The molecule has 2 heterocycles. The molecule has 1 aromatic heterocycles. The van der Waals surface area contributed by atoms with E-state index < -0.39 is 0 Å². The minimum atomic E-state index is 0.0960. The average Bonchev–Trinajstić information content (AvgIpc) is 3.42. The molecule has 0 bridgehead atoms. The second kappa shape index (κ2) is 9.05. The Hall–Kier alpha value is -2.31. The van der Waals surface area contributed by atoms with Crippen molar-refractivity contribution in [1.29, 1.82) is 0 Å². The maximum atomic E-state index is 12.9. The fourth-order valence-electron chi connectivity index (χ4n) is 3.80. The zero-order valence-corrected chi connectivity index (χ0v) is 19.5. The Morgan fingerprint density at radius 3 is 2.52 bits per heavy atom. The zero-order valence-electron chi connectivity index (χ0n) is 18.0. The van der Waals surface area contributed by atoms with Gasteiger partial charge < -0.3 is 9.32 Å². The summed E-state index contributed by atoms with van der Waals surface area (Å²) in [5.74, 6) is 0.794. The van der Waals surface area contributed by atoms with Crippen LogP contribution in [0.4, 0.5) is 0 Å². The largest absolute Gasteiger partial charge is 0.411 e. The van der Waals surface area contributed by atoms with Crippen LogP contribution in [0.25, 0.3) is 11.5 Å². The van der Waals surface area contributed by atoms with Crippen molar-refractivity contribution in [1.82, 2.24) is 15.1 Å².